The molecule has 0 amide bonds. The number of hydrogen-bond acceptors (Lipinski definition) is 4. The Labute approximate surface area is 635 Å². The van der Waals surface area contributed by atoms with Crippen molar-refractivity contribution in [2.75, 3.05) is 0 Å². The molecule has 0 saturated heterocycles. The second-order valence-corrected chi connectivity index (χ2v) is 28.7. The van der Waals surface area contributed by atoms with Crippen LogP contribution in [0.15, 0.2) is 400 Å². The van der Waals surface area contributed by atoms with Gasteiger partial charge in [0, 0.05) is 60.0 Å². The Balaban J connectivity index is 0.000000140. The number of nitrogens with zero attached hydrogens (tertiary/aromatic N) is 4. The standard InChI is InChI=1S/C54H34N2.C52H32N2/c1-2-14-37(15-3-1)48-33-52(55-51-21-11-10-19-45(48)51)39-26-24-38(25-27-39)47-32-50-49(42-28-22-35-12-4-6-16-40(35)30-42)34-53(56-54(50)46-20-9-8-18-44(46)47)43-29-23-36-13-5-7-17-41(36)31-43;1-3-13-37-29-39(27-21-33(37)11-1)46-32-50(40-28-22-34-12-2-4-14-38(34)30-40)54-52-42-16-6-5-15-41(42)45(31-47(46)52)35-23-25-36(26-24-35)51-43-17-7-9-19-48(43)53-49-20-10-8-18-44(49)51/h1-34H;1-32H. The van der Waals surface area contributed by atoms with E-state index in [1.165, 1.54) is 115 Å². The number of hydrogen-bond donors (Lipinski definition) is 0. The minimum atomic E-state index is 0.960. The third-order valence-corrected chi connectivity index (χ3v) is 22.2. The first-order chi connectivity index (χ1) is 54.5. The summed E-state index contributed by atoms with van der Waals surface area (Å²) in [5.41, 5.74) is 25.4. The van der Waals surface area contributed by atoms with Crippen molar-refractivity contribution >= 4 is 119 Å². The van der Waals surface area contributed by atoms with E-state index >= 15 is 0 Å². The van der Waals surface area contributed by atoms with E-state index < -0.39 is 0 Å². The van der Waals surface area contributed by atoms with Gasteiger partial charge in [0.25, 0.3) is 0 Å². The molecule has 0 aliphatic heterocycles. The van der Waals surface area contributed by atoms with Crippen LogP contribution in [-0.4, -0.2) is 19.9 Å². The highest BCUT2D eigenvalue weighted by molar-refractivity contribution is 6.19. The lowest BCUT2D eigenvalue weighted by molar-refractivity contribution is 1.40. The van der Waals surface area contributed by atoms with Gasteiger partial charge in [0.2, 0.25) is 0 Å². The number of para-hydroxylation sites is 3. The minimum Gasteiger partial charge on any atom is -0.248 e. The molecule has 0 saturated carbocycles. The second-order valence-electron chi connectivity index (χ2n) is 28.7. The maximum Gasteiger partial charge on any atom is 0.0794 e. The lowest BCUT2D eigenvalue weighted by atomic mass is 9.89. The van der Waals surface area contributed by atoms with Crippen molar-refractivity contribution < 1.29 is 0 Å². The summed E-state index contributed by atoms with van der Waals surface area (Å²) in [6.07, 6.45) is 0. The molecule has 110 heavy (non-hydrogen) atoms. The van der Waals surface area contributed by atoms with E-state index in [9.17, 15) is 0 Å². The monoisotopic (exact) mass is 1390 g/mol. The summed E-state index contributed by atoms with van der Waals surface area (Å²) >= 11 is 0. The first-order valence-corrected chi connectivity index (χ1v) is 37.6. The van der Waals surface area contributed by atoms with Gasteiger partial charge in [-0.3, -0.25) is 0 Å². The predicted octanol–water partition coefficient (Wildman–Crippen LogP) is 28.6. The van der Waals surface area contributed by atoms with E-state index in [1.54, 1.807) is 0 Å². The van der Waals surface area contributed by atoms with Crippen molar-refractivity contribution in [2.24, 2.45) is 0 Å². The van der Waals surface area contributed by atoms with Crippen LogP contribution in [0.4, 0.5) is 0 Å². The Morgan fingerprint density at radius 3 is 0.855 bits per heavy atom. The summed E-state index contributed by atoms with van der Waals surface area (Å²) in [5.74, 6) is 0. The molecule has 22 rings (SSSR count). The third-order valence-electron chi connectivity index (χ3n) is 22.2. The van der Waals surface area contributed by atoms with E-state index in [0.29, 0.717) is 0 Å². The fraction of sp³-hybridized carbons (Fsp3) is 0. The van der Waals surface area contributed by atoms with Crippen molar-refractivity contribution in [2.45, 2.75) is 0 Å². The van der Waals surface area contributed by atoms with Crippen LogP contribution >= 0.6 is 0 Å². The number of rotatable bonds is 9. The van der Waals surface area contributed by atoms with Gasteiger partial charge in [0.15, 0.2) is 0 Å². The molecule has 18 aromatic carbocycles. The summed E-state index contributed by atoms with van der Waals surface area (Å²) < 4.78 is 0. The summed E-state index contributed by atoms with van der Waals surface area (Å²) in [4.78, 5) is 21.0. The largest absolute Gasteiger partial charge is 0.248 e. The molecule has 0 aliphatic rings. The number of aromatic nitrogens is 4. The summed E-state index contributed by atoms with van der Waals surface area (Å²) in [5, 5.41) is 20.2. The maximum atomic E-state index is 5.47. The Bertz CT molecular complexity index is 7400. The first kappa shape index (κ1) is 63.9. The Hall–Kier alpha value is -14.6. The fourth-order valence-electron chi connectivity index (χ4n) is 16.7. The second kappa shape index (κ2) is 26.8. The zero-order chi connectivity index (χ0) is 72.6. The lowest BCUT2D eigenvalue weighted by Crippen LogP contribution is -1.94. The van der Waals surface area contributed by atoms with Crippen LogP contribution in [0.25, 0.3) is 220 Å². The molecule has 0 N–H and O–H groups in total. The van der Waals surface area contributed by atoms with Gasteiger partial charge in [-0.2, -0.15) is 0 Å². The molecule has 22 aromatic rings. The predicted molar refractivity (Wildman–Crippen MR) is 466 cm³/mol. The highest BCUT2D eigenvalue weighted by Gasteiger charge is 2.21. The smallest absolute Gasteiger partial charge is 0.0794 e. The first-order valence-electron chi connectivity index (χ1n) is 37.6. The van der Waals surface area contributed by atoms with Crippen LogP contribution < -0.4 is 0 Å². The van der Waals surface area contributed by atoms with E-state index in [0.717, 1.165) is 105 Å². The van der Waals surface area contributed by atoms with Crippen molar-refractivity contribution in [1.29, 1.82) is 0 Å². The maximum absolute atomic E-state index is 5.47. The average Bonchev–Trinajstić information content (AvgIpc) is 0.742. The normalized spacial score (nSPS) is 11.6. The topological polar surface area (TPSA) is 51.6 Å². The van der Waals surface area contributed by atoms with Crippen LogP contribution in [0.2, 0.25) is 0 Å². The molecular weight excluding hydrogens is 1330 g/mol. The van der Waals surface area contributed by atoms with Gasteiger partial charge >= 0.3 is 0 Å². The van der Waals surface area contributed by atoms with Crippen molar-refractivity contribution in [3.63, 3.8) is 0 Å². The molecule has 4 nitrogen and oxygen atoms in total. The van der Waals surface area contributed by atoms with Crippen LogP contribution in [0.5, 0.6) is 0 Å². The van der Waals surface area contributed by atoms with E-state index in [1.807, 2.05) is 0 Å². The van der Waals surface area contributed by atoms with Gasteiger partial charge in [0.05, 0.1) is 44.7 Å². The average molecular weight is 1400 g/mol. The number of fused-ring (bicyclic) bond motifs is 13. The van der Waals surface area contributed by atoms with E-state index in [-0.39, 0.29) is 0 Å². The molecule has 0 fully saturated rings. The Morgan fingerprint density at radius 2 is 0.418 bits per heavy atom. The minimum absolute atomic E-state index is 0.960. The number of benzene rings is 18. The zero-order valence-corrected chi connectivity index (χ0v) is 59.9. The van der Waals surface area contributed by atoms with Gasteiger partial charge in [0.1, 0.15) is 0 Å². The highest BCUT2D eigenvalue weighted by atomic mass is 14.7. The van der Waals surface area contributed by atoms with Gasteiger partial charge < -0.3 is 0 Å². The summed E-state index contributed by atoms with van der Waals surface area (Å²) in [7, 11) is 0. The van der Waals surface area contributed by atoms with Crippen molar-refractivity contribution in [1.82, 2.24) is 19.9 Å². The zero-order valence-electron chi connectivity index (χ0n) is 59.9. The van der Waals surface area contributed by atoms with Crippen LogP contribution in [0, 0.1) is 0 Å². The molecule has 510 valence electrons. The van der Waals surface area contributed by atoms with Gasteiger partial charge in [-0.25, -0.2) is 19.9 Å². The Kier molecular flexibility index (Phi) is 15.5. The van der Waals surface area contributed by atoms with Crippen LogP contribution in [0.1, 0.15) is 0 Å². The summed E-state index contributed by atoms with van der Waals surface area (Å²) in [6.45, 7) is 0. The molecule has 0 aliphatic carbocycles. The Morgan fingerprint density at radius 1 is 0.136 bits per heavy atom. The highest BCUT2D eigenvalue weighted by Crippen LogP contribution is 2.46. The SMILES string of the molecule is c1ccc(-c2cc(-c3ccc(-c4cc5c(-c6ccc7ccccc7c6)cc(-c6ccc7ccccc7c6)nc5c5ccccc45)cc3)nc3ccccc23)cc1.c1ccc2cc(-c3cc(-c4ccc5ccccc5c4)c4cc(-c5ccc(-c6c7ccccc7nc7ccccc67)cc5)c5ccccc5c4n3)ccc2c1. The van der Waals surface area contributed by atoms with Crippen molar-refractivity contribution in [3.8, 4) is 101 Å². The lowest BCUT2D eigenvalue weighted by Gasteiger charge is -2.17. The van der Waals surface area contributed by atoms with Crippen LogP contribution in [-0.2, 0) is 0 Å². The quantitative estimate of drug-likeness (QED) is 0.107. The van der Waals surface area contributed by atoms with E-state index in [2.05, 4.69) is 400 Å². The molecule has 4 aromatic heterocycles. The fourth-order valence-corrected chi connectivity index (χ4v) is 16.7. The molecule has 0 spiro atoms. The van der Waals surface area contributed by atoms with E-state index in [4.69, 9.17) is 19.9 Å². The summed E-state index contributed by atoms with van der Waals surface area (Å²) in [6, 6.07) is 144. The number of pyridine rings is 4. The molecule has 4 heterocycles. The van der Waals surface area contributed by atoms with Gasteiger partial charge in [-0.15, -0.1) is 0 Å². The molecule has 0 atom stereocenters. The molecule has 0 bridgehead atoms. The molecular formula is C106H66N4. The third kappa shape index (κ3) is 11.4. The van der Waals surface area contributed by atoms with Crippen molar-refractivity contribution in [3.05, 3.63) is 400 Å². The van der Waals surface area contributed by atoms with Gasteiger partial charge in [-0.1, -0.05) is 328 Å². The molecule has 0 unspecified atom stereocenters. The molecule has 0 radical (unpaired) electrons. The van der Waals surface area contributed by atoms with Gasteiger partial charge in [-0.05, 0) is 188 Å². The molecule has 4 heteroatoms. The van der Waals surface area contributed by atoms with Crippen LogP contribution in [0.3, 0.4) is 0 Å².